The van der Waals surface area contributed by atoms with Gasteiger partial charge in [0.2, 0.25) is 0 Å². The minimum Gasteiger partial charge on any atom is -0.451 e. The first-order valence-electron chi connectivity index (χ1n) is 8.06. The van der Waals surface area contributed by atoms with Crippen molar-refractivity contribution in [2.24, 2.45) is 7.05 Å². The number of ether oxygens (including phenoxy) is 1. The Morgan fingerprint density at radius 2 is 1.89 bits per heavy atom. The van der Waals surface area contributed by atoms with Crippen LogP contribution in [0.2, 0.25) is 5.02 Å². The van der Waals surface area contributed by atoms with Crippen molar-refractivity contribution in [1.29, 1.82) is 0 Å². The van der Waals surface area contributed by atoms with E-state index in [0.717, 1.165) is 10.2 Å². The van der Waals surface area contributed by atoms with Crippen molar-refractivity contribution in [2.45, 2.75) is 6.92 Å². The van der Waals surface area contributed by atoms with Crippen LogP contribution in [0, 0.1) is 6.92 Å². The highest BCUT2D eigenvalue weighted by Crippen LogP contribution is 2.19. The van der Waals surface area contributed by atoms with Gasteiger partial charge in [-0.2, -0.15) is 5.10 Å². The molecule has 3 rings (SSSR count). The van der Waals surface area contributed by atoms with Crippen molar-refractivity contribution in [1.82, 2.24) is 9.78 Å². The van der Waals surface area contributed by atoms with Crippen molar-refractivity contribution in [3.8, 4) is 0 Å². The van der Waals surface area contributed by atoms with E-state index in [9.17, 15) is 14.4 Å². The minimum atomic E-state index is -0.787. The number of hydrogen-bond donors (Lipinski definition) is 1. The number of amides is 1. The van der Waals surface area contributed by atoms with Crippen LogP contribution in [-0.2, 0) is 16.6 Å². The van der Waals surface area contributed by atoms with Gasteiger partial charge in [-0.15, -0.1) is 0 Å². The maximum Gasteiger partial charge on any atom is 0.359 e. The quantitative estimate of drug-likeness (QED) is 0.697. The molecular weight excluding hydrogens is 370 g/mol. The zero-order valence-electron chi connectivity index (χ0n) is 14.7. The van der Waals surface area contributed by atoms with E-state index in [1.54, 1.807) is 49.4 Å². The van der Waals surface area contributed by atoms with Gasteiger partial charge in [-0.1, -0.05) is 29.8 Å². The number of aryl methyl sites for hydroxylation is 2. The SMILES string of the molecule is Cc1cc(Cl)ccc1NC(=O)COC(=O)c1nn(C)c(=O)c2ccccc12. The molecule has 1 heterocycles. The zero-order valence-corrected chi connectivity index (χ0v) is 15.4. The van der Waals surface area contributed by atoms with E-state index in [4.69, 9.17) is 16.3 Å². The Balaban J connectivity index is 1.75. The second-order valence-electron chi connectivity index (χ2n) is 5.91. The maximum absolute atomic E-state index is 12.4. The number of carbonyl (C=O) groups excluding carboxylic acids is 2. The summed E-state index contributed by atoms with van der Waals surface area (Å²) in [5.41, 5.74) is 1.01. The van der Waals surface area contributed by atoms with Crippen LogP contribution in [0.5, 0.6) is 0 Å². The number of carbonyl (C=O) groups is 2. The second-order valence-corrected chi connectivity index (χ2v) is 6.34. The molecule has 8 heteroatoms. The normalized spacial score (nSPS) is 10.6. The zero-order chi connectivity index (χ0) is 19.6. The lowest BCUT2D eigenvalue weighted by Gasteiger charge is -2.10. The van der Waals surface area contributed by atoms with Crippen LogP contribution in [0.3, 0.4) is 0 Å². The lowest BCUT2D eigenvalue weighted by Crippen LogP contribution is -2.26. The summed E-state index contributed by atoms with van der Waals surface area (Å²) in [7, 11) is 1.45. The summed E-state index contributed by atoms with van der Waals surface area (Å²) in [5.74, 6) is -1.28. The number of fused-ring (bicyclic) bond motifs is 1. The van der Waals surface area contributed by atoms with Gasteiger partial charge in [0.05, 0.1) is 5.39 Å². The van der Waals surface area contributed by atoms with E-state index >= 15 is 0 Å². The van der Waals surface area contributed by atoms with Crippen LogP contribution >= 0.6 is 11.6 Å². The Morgan fingerprint density at radius 1 is 1.19 bits per heavy atom. The Morgan fingerprint density at radius 3 is 2.59 bits per heavy atom. The van der Waals surface area contributed by atoms with E-state index in [2.05, 4.69) is 10.4 Å². The molecule has 0 unspecified atom stereocenters. The maximum atomic E-state index is 12.4. The molecule has 3 aromatic rings. The molecule has 0 fully saturated rings. The summed E-state index contributed by atoms with van der Waals surface area (Å²) >= 11 is 5.88. The van der Waals surface area contributed by atoms with Crippen LogP contribution in [0.25, 0.3) is 10.8 Å². The van der Waals surface area contributed by atoms with Gasteiger partial charge < -0.3 is 10.1 Å². The molecular formula is C19H16ClN3O4. The van der Waals surface area contributed by atoms with E-state index in [-0.39, 0.29) is 11.3 Å². The van der Waals surface area contributed by atoms with Crippen LogP contribution in [0.4, 0.5) is 5.69 Å². The van der Waals surface area contributed by atoms with Gasteiger partial charge >= 0.3 is 5.97 Å². The number of nitrogens with zero attached hydrogens (tertiary/aromatic N) is 2. The van der Waals surface area contributed by atoms with Gasteiger partial charge in [0.25, 0.3) is 11.5 Å². The smallest absolute Gasteiger partial charge is 0.359 e. The standard InChI is InChI=1S/C19H16ClN3O4/c1-11-9-12(20)7-8-15(11)21-16(24)10-27-19(26)17-13-5-3-4-6-14(13)18(25)23(2)22-17/h3-9H,10H2,1-2H3,(H,21,24). The molecule has 0 saturated heterocycles. The number of aromatic nitrogens is 2. The molecule has 0 spiro atoms. The third kappa shape index (κ3) is 3.98. The summed E-state index contributed by atoms with van der Waals surface area (Å²) in [5, 5.41) is 7.91. The van der Waals surface area contributed by atoms with E-state index in [0.29, 0.717) is 21.5 Å². The van der Waals surface area contributed by atoms with Crippen molar-refractivity contribution < 1.29 is 14.3 Å². The van der Waals surface area contributed by atoms with Crippen molar-refractivity contribution in [3.05, 3.63) is 69.1 Å². The average molecular weight is 386 g/mol. The van der Waals surface area contributed by atoms with E-state index in [1.807, 2.05) is 0 Å². The summed E-state index contributed by atoms with van der Waals surface area (Å²) in [6.07, 6.45) is 0. The second kappa shape index (κ2) is 7.59. The fourth-order valence-electron chi connectivity index (χ4n) is 2.60. The lowest BCUT2D eigenvalue weighted by molar-refractivity contribution is -0.119. The van der Waals surface area contributed by atoms with Gasteiger partial charge in [-0.3, -0.25) is 9.59 Å². The van der Waals surface area contributed by atoms with Crippen molar-refractivity contribution >= 4 is 39.9 Å². The molecule has 138 valence electrons. The first kappa shape index (κ1) is 18.6. The van der Waals surface area contributed by atoms with Crippen LogP contribution in [0.15, 0.2) is 47.3 Å². The Kier molecular flexibility index (Phi) is 5.23. The number of rotatable bonds is 4. The molecule has 0 aliphatic rings. The van der Waals surface area contributed by atoms with Crippen LogP contribution < -0.4 is 10.9 Å². The highest BCUT2D eigenvalue weighted by atomic mass is 35.5. The first-order valence-corrected chi connectivity index (χ1v) is 8.44. The molecule has 0 bridgehead atoms. The van der Waals surface area contributed by atoms with Crippen molar-refractivity contribution in [2.75, 3.05) is 11.9 Å². The van der Waals surface area contributed by atoms with Crippen LogP contribution in [0.1, 0.15) is 16.1 Å². The van der Waals surface area contributed by atoms with E-state index in [1.165, 1.54) is 7.05 Å². The Bertz CT molecular complexity index is 1110. The summed E-state index contributed by atoms with van der Waals surface area (Å²) in [6, 6.07) is 11.6. The summed E-state index contributed by atoms with van der Waals surface area (Å²) in [6.45, 7) is 1.31. The molecule has 0 saturated carbocycles. The Hall–Kier alpha value is -3.19. The van der Waals surface area contributed by atoms with E-state index < -0.39 is 18.5 Å². The molecule has 0 atom stereocenters. The third-order valence-electron chi connectivity index (χ3n) is 3.95. The molecule has 1 N–H and O–H groups in total. The van der Waals surface area contributed by atoms with Gasteiger partial charge in [0.15, 0.2) is 12.3 Å². The topological polar surface area (TPSA) is 90.3 Å². The number of nitrogens with one attached hydrogen (secondary N) is 1. The predicted octanol–water partition coefficient (Wildman–Crippen LogP) is 2.69. The molecule has 1 amide bonds. The number of esters is 1. The predicted molar refractivity (Wildman–Crippen MR) is 102 cm³/mol. The fraction of sp³-hybridized carbons (Fsp3) is 0.158. The first-order chi connectivity index (χ1) is 12.9. The average Bonchev–Trinajstić information content (AvgIpc) is 2.65. The highest BCUT2D eigenvalue weighted by molar-refractivity contribution is 6.30. The third-order valence-corrected chi connectivity index (χ3v) is 4.18. The highest BCUT2D eigenvalue weighted by Gasteiger charge is 2.18. The van der Waals surface area contributed by atoms with Crippen molar-refractivity contribution in [3.63, 3.8) is 0 Å². The monoisotopic (exact) mass is 385 g/mol. The molecule has 0 radical (unpaired) electrons. The van der Waals surface area contributed by atoms with Gasteiger partial charge in [-0.05, 0) is 36.8 Å². The summed E-state index contributed by atoms with van der Waals surface area (Å²) in [4.78, 5) is 36.6. The number of anilines is 1. The molecule has 0 aliphatic heterocycles. The number of halogens is 1. The number of hydrogen-bond acceptors (Lipinski definition) is 5. The summed E-state index contributed by atoms with van der Waals surface area (Å²) < 4.78 is 6.14. The minimum absolute atomic E-state index is 0.0248. The molecule has 2 aromatic carbocycles. The fourth-order valence-corrected chi connectivity index (χ4v) is 2.83. The number of benzene rings is 2. The van der Waals surface area contributed by atoms with Crippen LogP contribution in [-0.4, -0.2) is 28.3 Å². The lowest BCUT2D eigenvalue weighted by atomic mass is 10.1. The largest absolute Gasteiger partial charge is 0.451 e. The molecule has 0 aliphatic carbocycles. The molecule has 27 heavy (non-hydrogen) atoms. The van der Waals surface area contributed by atoms with Gasteiger partial charge in [-0.25, -0.2) is 9.48 Å². The van der Waals surface area contributed by atoms with Gasteiger partial charge in [0.1, 0.15) is 0 Å². The van der Waals surface area contributed by atoms with Gasteiger partial charge in [0, 0.05) is 23.1 Å². The Labute approximate surface area is 159 Å². The molecule has 7 nitrogen and oxygen atoms in total. The molecule has 1 aromatic heterocycles.